The Kier molecular flexibility index (Phi) is 3.59. The van der Waals surface area contributed by atoms with E-state index >= 15 is 0 Å². The molecule has 2 heterocycles. The lowest BCUT2D eigenvalue weighted by Gasteiger charge is -2.05. The standard InChI is InChI=1S/C13H13N5O3S/c1-21-8-9-4-3-5-10(6-9)18-12-11(16-17-18)7-14-13(15-12)22(2,19)20/h3-7H,8H2,1-2H3. The molecule has 0 aliphatic rings. The van der Waals surface area contributed by atoms with Crippen LogP contribution >= 0.6 is 0 Å². The highest BCUT2D eigenvalue weighted by molar-refractivity contribution is 7.90. The van der Waals surface area contributed by atoms with E-state index in [-0.39, 0.29) is 5.16 Å². The van der Waals surface area contributed by atoms with E-state index in [2.05, 4.69) is 20.3 Å². The average molecular weight is 319 g/mol. The normalized spacial score (nSPS) is 11.9. The summed E-state index contributed by atoms with van der Waals surface area (Å²) in [5.41, 5.74) is 2.44. The molecule has 2 aromatic heterocycles. The Morgan fingerprint density at radius 1 is 1.32 bits per heavy atom. The molecule has 114 valence electrons. The van der Waals surface area contributed by atoms with Crippen LogP contribution in [0.4, 0.5) is 0 Å². The number of benzene rings is 1. The molecule has 0 unspecified atom stereocenters. The van der Waals surface area contributed by atoms with Gasteiger partial charge < -0.3 is 4.74 Å². The van der Waals surface area contributed by atoms with Gasteiger partial charge in [0.2, 0.25) is 15.0 Å². The second-order valence-electron chi connectivity index (χ2n) is 4.74. The fourth-order valence-corrected chi connectivity index (χ4v) is 2.51. The lowest BCUT2D eigenvalue weighted by atomic mass is 10.2. The van der Waals surface area contributed by atoms with Crippen LogP contribution in [0, 0.1) is 0 Å². The van der Waals surface area contributed by atoms with Gasteiger partial charge in [-0.3, -0.25) is 0 Å². The predicted octanol–water partition coefficient (Wildman–Crippen LogP) is 0.760. The molecule has 0 bridgehead atoms. The van der Waals surface area contributed by atoms with Gasteiger partial charge in [-0.05, 0) is 17.7 Å². The number of fused-ring (bicyclic) bond motifs is 1. The number of hydrogen-bond donors (Lipinski definition) is 0. The van der Waals surface area contributed by atoms with E-state index in [1.807, 2.05) is 24.3 Å². The highest BCUT2D eigenvalue weighted by Gasteiger charge is 2.16. The molecule has 0 aliphatic carbocycles. The summed E-state index contributed by atoms with van der Waals surface area (Å²) in [5, 5.41) is 7.72. The fraction of sp³-hybridized carbons (Fsp3) is 0.231. The second-order valence-corrected chi connectivity index (χ2v) is 6.65. The number of rotatable bonds is 4. The summed E-state index contributed by atoms with van der Waals surface area (Å²) >= 11 is 0. The maximum absolute atomic E-state index is 11.6. The van der Waals surface area contributed by atoms with Gasteiger partial charge in [-0.25, -0.2) is 13.4 Å². The van der Waals surface area contributed by atoms with Crippen molar-refractivity contribution in [2.24, 2.45) is 0 Å². The quantitative estimate of drug-likeness (QED) is 0.654. The molecule has 1 aromatic carbocycles. The molecule has 22 heavy (non-hydrogen) atoms. The largest absolute Gasteiger partial charge is 0.380 e. The summed E-state index contributed by atoms with van der Waals surface area (Å²) in [7, 11) is -1.88. The minimum atomic E-state index is -3.50. The van der Waals surface area contributed by atoms with Crippen LogP contribution in [0.5, 0.6) is 0 Å². The average Bonchev–Trinajstić information content (AvgIpc) is 2.90. The number of hydrogen-bond acceptors (Lipinski definition) is 7. The monoisotopic (exact) mass is 319 g/mol. The van der Waals surface area contributed by atoms with E-state index in [9.17, 15) is 8.42 Å². The number of methoxy groups -OCH3 is 1. The highest BCUT2D eigenvalue weighted by atomic mass is 32.2. The molecule has 0 fully saturated rings. The first-order chi connectivity index (χ1) is 10.5. The number of aromatic nitrogens is 5. The van der Waals surface area contributed by atoms with Crippen molar-refractivity contribution in [1.29, 1.82) is 0 Å². The minimum Gasteiger partial charge on any atom is -0.380 e. The molecular weight excluding hydrogens is 306 g/mol. The molecule has 8 nitrogen and oxygen atoms in total. The van der Waals surface area contributed by atoms with Crippen LogP contribution in [0.3, 0.4) is 0 Å². The Labute approximate surface area is 126 Å². The lowest BCUT2D eigenvalue weighted by molar-refractivity contribution is 0.185. The number of ether oxygens (including phenoxy) is 1. The topological polar surface area (TPSA) is 99.9 Å². The molecular formula is C13H13N5O3S. The second kappa shape index (κ2) is 5.43. The number of nitrogens with zero attached hydrogens (tertiary/aromatic N) is 5. The molecule has 9 heteroatoms. The maximum atomic E-state index is 11.6. The van der Waals surface area contributed by atoms with Gasteiger partial charge in [0.1, 0.15) is 0 Å². The molecule has 0 saturated carbocycles. The van der Waals surface area contributed by atoms with Crippen molar-refractivity contribution >= 4 is 21.0 Å². The van der Waals surface area contributed by atoms with Crippen LogP contribution in [-0.2, 0) is 21.2 Å². The fourth-order valence-electron chi connectivity index (χ4n) is 2.01. The first kappa shape index (κ1) is 14.5. The van der Waals surface area contributed by atoms with Gasteiger partial charge in [-0.2, -0.15) is 9.67 Å². The summed E-state index contributed by atoms with van der Waals surface area (Å²) in [6, 6.07) is 7.48. The third-order valence-electron chi connectivity index (χ3n) is 2.97. The van der Waals surface area contributed by atoms with Crippen LogP contribution < -0.4 is 0 Å². The Bertz CT molecular complexity index is 936. The molecule has 0 atom stereocenters. The van der Waals surface area contributed by atoms with E-state index in [0.717, 1.165) is 17.5 Å². The zero-order valence-electron chi connectivity index (χ0n) is 12.0. The van der Waals surface area contributed by atoms with E-state index in [0.29, 0.717) is 17.8 Å². The van der Waals surface area contributed by atoms with Crippen LogP contribution in [0.2, 0.25) is 0 Å². The summed E-state index contributed by atoms with van der Waals surface area (Å²) in [5.74, 6) is 0. The van der Waals surface area contributed by atoms with Gasteiger partial charge >= 0.3 is 0 Å². The zero-order valence-corrected chi connectivity index (χ0v) is 12.8. The molecule has 0 spiro atoms. The van der Waals surface area contributed by atoms with Crippen molar-refractivity contribution < 1.29 is 13.2 Å². The van der Waals surface area contributed by atoms with Crippen molar-refractivity contribution in [3.8, 4) is 5.69 Å². The lowest BCUT2D eigenvalue weighted by Crippen LogP contribution is -2.06. The molecule has 0 N–H and O–H groups in total. The summed E-state index contributed by atoms with van der Waals surface area (Å²) in [6.45, 7) is 0.462. The van der Waals surface area contributed by atoms with Gasteiger partial charge in [0, 0.05) is 13.4 Å². The highest BCUT2D eigenvalue weighted by Crippen LogP contribution is 2.16. The van der Waals surface area contributed by atoms with Crippen molar-refractivity contribution in [2.45, 2.75) is 11.8 Å². The van der Waals surface area contributed by atoms with Gasteiger partial charge in [0.15, 0.2) is 11.2 Å². The minimum absolute atomic E-state index is 0.253. The van der Waals surface area contributed by atoms with E-state index in [1.54, 1.807) is 7.11 Å². The smallest absolute Gasteiger partial charge is 0.248 e. The molecule has 0 amide bonds. The van der Waals surface area contributed by atoms with Gasteiger partial charge in [-0.15, -0.1) is 5.10 Å². The first-order valence-electron chi connectivity index (χ1n) is 6.36. The Hall–Kier alpha value is -2.39. The van der Waals surface area contributed by atoms with Crippen LogP contribution in [0.25, 0.3) is 16.9 Å². The van der Waals surface area contributed by atoms with Crippen molar-refractivity contribution in [3.05, 3.63) is 36.0 Å². The molecule has 0 radical (unpaired) electrons. The van der Waals surface area contributed by atoms with Crippen LogP contribution in [0.1, 0.15) is 5.56 Å². The predicted molar refractivity (Wildman–Crippen MR) is 78.3 cm³/mol. The van der Waals surface area contributed by atoms with E-state index in [4.69, 9.17) is 4.74 Å². The Morgan fingerprint density at radius 3 is 2.86 bits per heavy atom. The molecule has 0 aliphatic heterocycles. The molecule has 3 aromatic rings. The van der Waals surface area contributed by atoms with Crippen molar-refractivity contribution in [3.63, 3.8) is 0 Å². The third-order valence-corrected chi connectivity index (χ3v) is 3.83. The Morgan fingerprint density at radius 2 is 2.14 bits per heavy atom. The van der Waals surface area contributed by atoms with E-state index < -0.39 is 9.84 Å². The van der Waals surface area contributed by atoms with Crippen LogP contribution in [0.15, 0.2) is 35.6 Å². The first-order valence-corrected chi connectivity index (χ1v) is 8.25. The summed E-state index contributed by atoms with van der Waals surface area (Å²) in [6.07, 6.45) is 2.41. The van der Waals surface area contributed by atoms with Crippen molar-refractivity contribution in [1.82, 2.24) is 25.0 Å². The van der Waals surface area contributed by atoms with Gasteiger partial charge in [-0.1, -0.05) is 17.3 Å². The summed E-state index contributed by atoms with van der Waals surface area (Å²) < 4.78 is 29.8. The van der Waals surface area contributed by atoms with Crippen LogP contribution in [-0.4, -0.2) is 46.7 Å². The summed E-state index contributed by atoms with van der Waals surface area (Å²) in [4.78, 5) is 7.86. The maximum Gasteiger partial charge on any atom is 0.248 e. The van der Waals surface area contributed by atoms with Gasteiger partial charge in [0.25, 0.3) is 0 Å². The zero-order chi connectivity index (χ0) is 15.7. The number of sulfone groups is 1. The third kappa shape index (κ3) is 2.68. The molecule has 0 saturated heterocycles. The van der Waals surface area contributed by atoms with Gasteiger partial charge in [0.05, 0.1) is 18.5 Å². The molecule has 3 rings (SSSR count). The Balaban J connectivity index is 2.17. The van der Waals surface area contributed by atoms with E-state index in [1.165, 1.54) is 10.9 Å². The SMILES string of the molecule is COCc1cccc(-n2nnc3cnc(S(C)(=O)=O)nc32)c1. The van der Waals surface area contributed by atoms with Crippen molar-refractivity contribution in [2.75, 3.05) is 13.4 Å².